The van der Waals surface area contributed by atoms with Crippen LogP contribution in [-0.2, 0) is 0 Å². The van der Waals surface area contributed by atoms with Crippen LogP contribution in [0.25, 0.3) is 0 Å². The van der Waals surface area contributed by atoms with E-state index in [4.69, 9.17) is 4.42 Å². The van der Waals surface area contributed by atoms with Gasteiger partial charge in [0.05, 0.1) is 6.26 Å². The molecule has 1 unspecified atom stereocenters. The maximum atomic E-state index is 13.0. The standard InChI is InChI=1S/C21H27N5O3/c1-2-16-6-3-4-10-26(16)19(27)17-8-9-22-21(23-17)25-13-11-24(12-14-25)20(28)18-7-5-15-29-18/h5,7-9,15-16H,2-4,6,10-14H2,1H3. The molecule has 0 aliphatic carbocycles. The average Bonchev–Trinajstić information content (AvgIpc) is 3.33. The third-order valence-corrected chi connectivity index (χ3v) is 5.80. The molecule has 29 heavy (non-hydrogen) atoms. The highest BCUT2D eigenvalue weighted by Gasteiger charge is 2.29. The van der Waals surface area contributed by atoms with Gasteiger partial charge in [0.1, 0.15) is 5.69 Å². The largest absolute Gasteiger partial charge is 0.459 e. The topological polar surface area (TPSA) is 82.8 Å². The summed E-state index contributed by atoms with van der Waals surface area (Å²) in [6.45, 7) is 5.28. The van der Waals surface area contributed by atoms with Gasteiger partial charge in [0, 0.05) is 45.0 Å². The monoisotopic (exact) mass is 397 g/mol. The number of hydrogen-bond acceptors (Lipinski definition) is 6. The number of aromatic nitrogens is 2. The van der Waals surface area contributed by atoms with E-state index in [9.17, 15) is 9.59 Å². The molecule has 4 heterocycles. The van der Waals surface area contributed by atoms with Gasteiger partial charge in [0.15, 0.2) is 5.76 Å². The van der Waals surface area contributed by atoms with Crippen molar-refractivity contribution in [3.63, 3.8) is 0 Å². The van der Waals surface area contributed by atoms with Crippen molar-refractivity contribution >= 4 is 17.8 Å². The fraction of sp³-hybridized carbons (Fsp3) is 0.524. The maximum Gasteiger partial charge on any atom is 0.289 e. The average molecular weight is 397 g/mol. The van der Waals surface area contributed by atoms with Crippen LogP contribution in [0.3, 0.4) is 0 Å². The maximum absolute atomic E-state index is 13.0. The fourth-order valence-electron chi connectivity index (χ4n) is 4.13. The first-order valence-electron chi connectivity index (χ1n) is 10.4. The summed E-state index contributed by atoms with van der Waals surface area (Å²) < 4.78 is 5.21. The number of anilines is 1. The number of amides is 2. The number of furan rings is 1. The summed E-state index contributed by atoms with van der Waals surface area (Å²) in [7, 11) is 0. The van der Waals surface area contributed by atoms with Gasteiger partial charge in [0.2, 0.25) is 5.95 Å². The SMILES string of the molecule is CCC1CCCCN1C(=O)c1ccnc(N2CCN(C(=O)c3ccco3)CC2)n1. The third kappa shape index (κ3) is 4.11. The lowest BCUT2D eigenvalue weighted by molar-refractivity contribution is 0.0601. The van der Waals surface area contributed by atoms with Crippen LogP contribution in [0.15, 0.2) is 35.1 Å². The number of carbonyl (C=O) groups excluding carboxylic acids is 2. The van der Waals surface area contributed by atoms with Gasteiger partial charge in [-0.2, -0.15) is 0 Å². The molecule has 0 saturated carbocycles. The molecule has 0 spiro atoms. The summed E-state index contributed by atoms with van der Waals surface area (Å²) in [5.74, 6) is 0.794. The van der Waals surface area contributed by atoms with Crippen LogP contribution in [0.1, 0.15) is 53.7 Å². The molecule has 0 bridgehead atoms. The molecule has 0 N–H and O–H groups in total. The normalized spacial score (nSPS) is 20.0. The van der Waals surface area contributed by atoms with Gasteiger partial charge in [-0.25, -0.2) is 9.97 Å². The predicted octanol–water partition coefficient (Wildman–Crippen LogP) is 2.44. The molecule has 1 atom stereocenters. The zero-order valence-corrected chi connectivity index (χ0v) is 16.8. The number of piperidine rings is 1. The summed E-state index contributed by atoms with van der Waals surface area (Å²) in [5.41, 5.74) is 0.449. The number of nitrogens with zero attached hydrogens (tertiary/aromatic N) is 5. The Bertz CT molecular complexity index is 846. The van der Waals surface area contributed by atoms with E-state index in [0.29, 0.717) is 49.6 Å². The highest BCUT2D eigenvalue weighted by atomic mass is 16.3. The smallest absolute Gasteiger partial charge is 0.289 e. The number of likely N-dealkylation sites (tertiary alicyclic amines) is 1. The molecular weight excluding hydrogens is 370 g/mol. The second-order valence-corrected chi connectivity index (χ2v) is 7.55. The lowest BCUT2D eigenvalue weighted by Crippen LogP contribution is -2.49. The van der Waals surface area contributed by atoms with Crippen molar-refractivity contribution in [2.24, 2.45) is 0 Å². The van der Waals surface area contributed by atoms with Crippen molar-refractivity contribution in [1.82, 2.24) is 19.8 Å². The van der Waals surface area contributed by atoms with Crippen LogP contribution < -0.4 is 4.90 Å². The molecule has 2 aromatic rings. The molecule has 2 saturated heterocycles. The Labute approximate surface area is 170 Å². The minimum atomic E-state index is -0.102. The third-order valence-electron chi connectivity index (χ3n) is 5.80. The molecule has 0 radical (unpaired) electrons. The highest BCUT2D eigenvalue weighted by molar-refractivity contribution is 5.93. The minimum absolute atomic E-state index is 0.00756. The summed E-state index contributed by atoms with van der Waals surface area (Å²) in [6.07, 6.45) is 7.41. The molecule has 2 aliphatic heterocycles. The number of rotatable bonds is 4. The van der Waals surface area contributed by atoms with E-state index >= 15 is 0 Å². The van der Waals surface area contributed by atoms with Crippen LogP contribution in [0.4, 0.5) is 5.95 Å². The summed E-state index contributed by atoms with van der Waals surface area (Å²) in [5, 5.41) is 0. The van der Waals surface area contributed by atoms with E-state index in [1.807, 2.05) is 9.80 Å². The van der Waals surface area contributed by atoms with Gasteiger partial charge in [-0.3, -0.25) is 9.59 Å². The Morgan fingerprint density at radius 1 is 1.10 bits per heavy atom. The molecule has 2 amide bonds. The van der Waals surface area contributed by atoms with Gasteiger partial charge >= 0.3 is 0 Å². The van der Waals surface area contributed by atoms with E-state index < -0.39 is 0 Å². The van der Waals surface area contributed by atoms with Crippen LogP contribution >= 0.6 is 0 Å². The van der Waals surface area contributed by atoms with Crippen molar-refractivity contribution in [2.75, 3.05) is 37.6 Å². The molecule has 154 valence electrons. The van der Waals surface area contributed by atoms with Crippen LogP contribution in [0, 0.1) is 0 Å². The molecule has 0 aromatic carbocycles. The lowest BCUT2D eigenvalue weighted by Gasteiger charge is -2.36. The molecule has 2 fully saturated rings. The fourth-order valence-corrected chi connectivity index (χ4v) is 4.13. The zero-order valence-electron chi connectivity index (χ0n) is 16.8. The van der Waals surface area contributed by atoms with E-state index in [1.165, 1.54) is 12.7 Å². The minimum Gasteiger partial charge on any atom is -0.459 e. The zero-order chi connectivity index (χ0) is 20.2. The Balaban J connectivity index is 1.41. The molecule has 8 heteroatoms. The second-order valence-electron chi connectivity index (χ2n) is 7.55. The van der Waals surface area contributed by atoms with Gasteiger partial charge < -0.3 is 19.1 Å². The summed E-state index contributed by atoms with van der Waals surface area (Å²) in [4.78, 5) is 40.1. The van der Waals surface area contributed by atoms with Gasteiger partial charge in [-0.05, 0) is 43.9 Å². The Morgan fingerprint density at radius 2 is 1.93 bits per heavy atom. The first kappa shape index (κ1) is 19.4. The molecule has 2 aromatic heterocycles. The quantitative estimate of drug-likeness (QED) is 0.788. The molecule has 8 nitrogen and oxygen atoms in total. The first-order valence-corrected chi connectivity index (χ1v) is 10.4. The van der Waals surface area contributed by atoms with Crippen molar-refractivity contribution in [3.8, 4) is 0 Å². The van der Waals surface area contributed by atoms with Crippen LogP contribution in [0.2, 0.25) is 0 Å². The Hall–Kier alpha value is -2.90. The summed E-state index contributed by atoms with van der Waals surface area (Å²) in [6, 6.07) is 5.39. The van der Waals surface area contributed by atoms with E-state index in [-0.39, 0.29) is 11.8 Å². The van der Waals surface area contributed by atoms with Crippen molar-refractivity contribution in [3.05, 3.63) is 42.1 Å². The van der Waals surface area contributed by atoms with Crippen molar-refractivity contribution in [2.45, 2.75) is 38.6 Å². The molecule has 2 aliphatic rings. The number of hydrogen-bond donors (Lipinski definition) is 0. The Morgan fingerprint density at radius 3 is 2.66 bits per heavy atom. The van der Waals surface area contributed by atoms with Crippen molar-refractivity contribution < 1.29 is 14.0 Å². The van der Waals surface area contributed by atoms with Crippen molar-refractivity contribution in [1.29, 1.82) is 0 Å². The predicted molar refractivity (Wildman–Crippen MR) is 108 cm³/mol. The van der Waals surface area contributed by atoms with Gasteiger partial charge in [-0.15, -0.1) is 0 Å². The van der Waals surface area contributed by atoms with Crippen LogP contribution in [-0.4, -0.2) is 70.3 Å². The Kier molecular flexibility index (Phi) is 5.78. The number of piperazine rings is 1. The lowest BCUT2D eigenvalue weighted by atomic mass is 9.99. The van der Waals surface area contributed by atoms with E-state index in [1.54, 1.807) is 29.3 Å². The summed E-state index contributed by atoms with van der Waals surface area (Å²) >= 11 is 0. The van der Waals surface area contributed by atoms with E-state index in [2.05, 4.69) is 16.9 Å². The molecular formula is C21H27N5O3. The molecule has 4 rings (SSSR count). The first-order chi connectivity index (χ1) is 14.2. The van der Waals surface area contributed by atoms with E-state index in [0.717, 1.165) is 25.8 Å². The number of carbonyl (C=O) groups is 2. The van der Waals surface area contributed by atoms with Gasteiger partial charge in [0.25, 0.3) is 11.8 Å². The second kappa shape index (κ2) is 8.63. The highest BCUT2D eigenvalue weighted by Crippen LogP contribution is 2.22. The van der Waals surface area contributed by atoms with Gasteiger partial charge in [-0.1, -0.05) is 6.92 Å². The van der Waals surface area contributed by atoms with Crippen LogP contribution in [0.5, 0.6) is 0 Å².